The molecule has 0 aliphatic carbocycles. The van der Waals surface area contributed by atoms with E-state index in [9.17, 15) is 30.6 Å². The van der Waals surface area contributed by atoms with Gasteiger partial charge in [0.05, 0.1) is 12.2 Å². The fourth-order valence-electron chi connectivity index (χ4n) is 3.71. The van der Waals surface area contributed by atoms with Crippen molar-refractivity contribution in [3.8, 4) is 34.5 Å². The summed E-state index contributed by atoms with van der Waals surface area (Å²) < 4.78 is 11.0. The van der Waals surface area contributed by atoms with Crippen molar-refractivity contribution < 1.29 is 40.1 Å². The molecule has 10 heteroatoms. The normalized spacial score (nSPS) is 14.8. The summed E-state index contributed by atoms with van der Waals surface area (Å²) in [5, 5.41) is 59.0. The quantitative estimate of drug-likeness (QED) is 0.137. The number of unbranched alkanes of at least 4 members (excludes halogenated alkanes) is 2. The molecule has 0 saturated carbocycles. The molecule has 10 N–H and O–H groups in total. The van der Waals surface area contributed by atoms with Gasteiger partial charge in [0, 0.05) is 17.7 Å². The van der Waals surface area contributed by atoms with E-state index >= 15 is 0 Å². The number of hydrogen-bond donors (Lipinski definition) is 8. The molecule has 0 spiro atoms. The predicted molar refractivity (Wildman–Crippen MR) is 126 cm³/mol. The van der Waals surface area contributed by atoms with Gasteiger partial charge in [-0.25, -0.2) is 0 Å². The Morgan fingerprint density at radius 3 is 1.59 bits per heavy atom. The third-order valence-corrected chi connectivity index (χ3v) is 5.44. The number of phenols is 4. The van der Waals surface area contributed by atoms with Crippen molar-refractivity contribution in [2.24, 2.45) is 11.5 Å². The number of aromatic hydroxyl groups is 4. The van der Waals surface area contributed by atoms with Crippen LogP contribution < -0.4 is 20.9 Å². The summed E-state index contributed by atoms with van der Waals surface area (Å²) in [4.78, 5) is 0. The minimum atomic E-state index is -0.947. The second kappa shape index (κ2) is 13.1. The smallest absolute Gasteiger partial charge is 0.161 e. The van der Waals surface area contributed by atoms with Gasteiger partial charge in [-0.15, -0.1) is 0 Å². The van der Waals surface area contributed by atoms with Crippen LogP contribution in [0.1, 0.15) is 38.5 Å². The van der Waals surface area contributed by atoms with Gasteiger partial charge in [-0.2, -0.15) is 0 Å². The van der Waals surface area contributed by atoms with Crippen molar-refractivity contribution >= 4 is 0 Å². The number of aliphatic hydroxyl groups excluding tert-OH is 2. The fourth-order valence-corrected chi connectivity index (χ4v) is 3.71. The lowest BCUT2D eigenvalue weighted by Crippen LogP contribution is -2.47. The van der Waals surface area contributed by atoms with Crippen molar-refractivity contribution in [1.29, 1.82) is 0 Å². The zero-order chi connectivity index (χ0) is 25.1. The first-order valence-electron chi connectivity index (χ1n) is 11.3. The number of aliphatic hydroxyl groups is 2. The number of rotatable bonds is 15. The van der Waals surface area contributed by atoms with Crippen LogP contribution in [-0.4, -0.2) is 68.1 Å². The van der Waals surface area contributed by atoms with E-state index in [-0.39, 0.29) is 60.6 Å². The molecule has 2 rings (SSSR count). The van der Waals surface area contributed by atoms with Crippen molar-refractivity contribution in [1.82, 2.24) is 0 Å². The van der Waals surface area contributed by atoms with E-state index in [0.29, 0.717) is 13.0 Å². The van der Waals surface area contributed by atoms with Crippen LogP contribution in [0.5, 0.6) is 34.5 Å². The van der Waals surface area contributed by atoms with E-state index < -0.39 is 17.7 Å². The monoisotopic (exact) mass is 480 g/mol. The Balaban J connectivity index is 1.94. The van der Waals surface area contributed by atoms with E-state index in [1.165, 1.54) is 36.4 Å². The Hall–Kier alpha value is -2.92. The highest BCUT2D eigenvalue weighted by atomic mass is 16.5. The Labute approximate surface area is 199 Å². The molecule has 0 aliphatic heterocycles. The summed E-state index contributed by atoms with van der Waals surface area (Å²) in [5.74, 6) is -0.638. The zero-order valence-electron chi connectivity index (χ0n) is 19.1. The fraction of sp³-hybridized carbons (Fsp3) is 0.500. The molecule has 2 aromatic rings. The van der Waals surface area contributed by atoms with Crippen LogP contribution in [0, 0.1) is 0 Å². The number of benzene rings is 2. The molecule has 190 valence electrons. The summed E-state index contributed by atoms with van der Waals surface area (Å²) in [6.07, 6.45) is 1.44. The first-order chi connectivity index (χ1) is 16.1. The average molecular weight is 481 g/mol. The van der Waals surface area contributed by atoms with Crippen molar-refractivity contribution in [3.63, 3.8) is 0 Å². The maximum absolute atomic E-state index is 10.5. The molecule has 0 saturated heterocycles. The van der Waals surface area contributed by atoms with Gasteiger partial charge >= 0.3 is 0 Å². The summed E-state index contributed by atoms with van der Waals surface area (Å²) >= 11 is 0. The third kappa shape index (κ3) is 9.14. The lowest BCUT2D eigenvalue weighted by Gasteiger charge is -2.33. The summed E-state index contributed by atoms with van der Waals surface area (Å²) in [7, 11) is 0. The van der Waals surface area contributed by atoms with Crippen LogP contribution in [0.4, 0.5) is 0 Å². The highest BCUT2D eigenvalue weighted by Gasteiger charge is 2.31. The molecule has 0 radical (unpaired) electrons. The molecule has 2 unspecified atom stereocenters. The molecular weight excluding hydrogens is 444 g/mol. The summed E-state index contributed by atoms with van der Waals surface area (Å²) in [5.41, 5.74) is 11.2. The lowest BCUT2D eigenvalue weighted by atomic mass is 9.82. The number of ether oxygens (including phenoxy) is 2. The molecule has 10 nitrogen and oxygen atoms in total. The van der Waals surface area contributed by atoms with E-state index in [2.05, 4.69) is 0 Å². The number of hydrogen-bond acceptors (Lipinski definition) is 10. The second-order valence-electron chi connectivity index (χ2n) is 8.60. The standard InChI is InChI=1S/C24H36N2O8/c25-9-3-1-2-8-24(26,12-16(27)14-33-18-4-6-20(29)22(31)10-18)13-17(28)15-34-19-5-7-21(30)23(32)11-19/h4-7,10-11,16-17,27-32H,1-3,8-9,12-15,25-26H2. The first kappa shape index (κ1) is 27.3. The highest BCUT2D eigenvalue weighted by Crippen LogP contribution is 2.31. The van der Waals surface area contributed by atoms with Gasteiger partial charge in [-0.05, 0) is 56.5 Å². The van der Waals surface area contributed by atoms with Crippen molar-refractivity contribution in [2.45, 2.75) is 56.3 Å². The Kier molecular flexibility index (Phi) is 10.5. The molecule has 0 aliphatic rings. The van der Waals surface area contributed by atoms with Crippen LogP contribution >= 0.6 is 0 Å². The minimum absolute atomic E-state index is 0.0919. The van der Waals surface area contributed by atoms with Gasteiger partial charge in [0.25, 0.3) is 0 Å². The molecule has 2 atom stereocenters. The van der Waals surface area contributed by atoms with E-state index in [1.807, 2.05) is 0 Å². The van der Waals surface area contributed by atoms with E-state index in [1.54, 1.807) is 0 Å². The van der Waals surface area contributed by atoms with Crippen molar-refractivity contribution in [2.75, 3.05) is 19.8 Å². The lowest BCUT2D eigenvalue weighted by molar-refractivity contribution is 0.0404. The summed E-state index contributed by atoms with van der Waals surface area (Å²) in [6, 6.07) is 7.98. The van der Waals surface area contributed by atoms with Gasteiger partial charge in [-0.3, -0.25) is 0 Å². The highest BCUT2D eigenvalue weighted by molar-refractivity contribution is 5.44. The molecule has 0 bridgehead atoms. The third-order valence-electron chi connectivity index (χ3n) is 5.44. The van der Waals surface area contributed by atoms with Gasteiger partial charge in [0.1, 0.15) is 24.7 Å². The van der Waals surface area contributed by atoms with Crippen LogP contribution in [0.2, 0.25) is 0 Å². The maximum Gasteiger partial charge on any atom is 0.161 e. The van der Waals surface area contributed by atoms with Crippen molar-refractivity contribution in [3.05, 3.63) is 36.4 Å². The first-order valence-corrected chi connectivity index (χ1v) is 11.3. The SMILES string of the molecule is NCCCCCC(N)(CC(O)COc1ccc(O)c(O)c1)CC(O)COc1ccc(O)c(O)c1. The van der Waals surface area contributed by atoms with E-state index in [0.717, 1.165) is 19.3 Å². The average Bonchev–Trinajstić information content (AvgIpc) is 2.78. The molecule has 34 heavy (non-hydrogen) atoms. The molecule has 0 fully saturated rings. The van der Waals surface area contributed by atoms with Crippen LogP contribution in [0.25, 0.3) is 0 Å². The molecule has 0 heterocycles. The number of nitrogens with two attached hydrogens (primary N) is 2. The minimum Gasteiger partial charge on any atom is -0.504 e. The topological polar surface area (TPSA) is 192 Å². The molecule has 2 aromatic carbocycles. The Morgan fingerprint density at radius 2 is 1.18 bits per heavy atom. The largest absolute Gasteiger partial charge is 0.504 e. The zero-order valence-corrected chi connectivity index (χ0v) is 19.1. The van der Waals surface area contributed by atoms with Gasteiger partial charge in [0.2, 0.25) is 0 Å². The molecule has 0 aromatic heterocycles. The van der Waals surface area contributed by atoms with Gasteiger partial charge in [-0.1, -0.05) is 12.8 Å². The maximum atomic E-state index is 10.5. The molecular formula is C24H36N2O8. The summed E-state index contributed by atoms with van der Waals surface area (Å²) in [6.45, 7) is 0.389. The van der Waals surface area contributed by atoms with Gasteiger partial charge in [0.15, 0.2) is 23.0 Å². The predicted octanol–water partition coefficient (Wildman–Crippen LogP) is 1.69. The van der Waals surface area contributed by atoms with Crippen LogP contribution in [-0.2, 0) is 0 Å². The van der Waals surface area contributed by atoms with E-state index in [4.69, 9.17) is 20.9 Å². The second-order valence-corrected chi connectivity index (χ2v) is 8.60. The number of phenolic OH excluding ortho intramolecular Hbond substituents is 4. The Bertz CT molecular complexity index is 832. The molecule has 0 amide bonds. The van der Waals surface area contributed by atoms with Crippen LogP contribution in [0.3, 0.4) is 0 Å². The Morgan fingerprint density at radius 1 is 0.706 bits per heavy atom. The van der Waals surface area contributed by atoms with Crippen LogP contribution in [0.15, 0.2) is 36.4 Å². The van der Waals surface area contributed by atoms with Gasteiger partial charge < -0.3 is 51.6 Å².